The summed E-state index contributed by atoms with van der Waals surface area (Å²) in [6, 6.07) is 8.54. The normalized spacial score (nSPS) is 10.7. The smallest absolute Gasteiger partial charge is 0.203 e. The molecule has 0 atom stereocenters. The minimum Gasteiger partial charge on any atom is -0.493 e. The zero-order valence-electron chi connectivity index (χ0n) is 14.1. The molecule has 0 saturated heterocycles. The Balaban J connectivity index is 2.37. The number of hydrogen-bond acceptors (Lipinski definition) is 3. The maximum atomic E-state index is 5.59. The van der Waals surface area contributed by atoms with Crippen molar-refractivity contribution < 1.29 is 14.2 Å². The zero-order valence-corrected chi connectivity index (χ0v) is 14.1. The van der Waals surface area contributed by atoms with Gasteiger partial charge in [-0.1, -0.05) is 38.3 Å². The molecule has 0 heterocycles. The molecule has 0 aliphatic rings. The summed E-state index contributed by atoms with van der Waals surface area (Å²) in [5, 5.41) is 2.18. The molecular weight excluding hydrogens is 276 g/mol. The molecule has 0 amide bonds. The molecule has 0 N–H and O–H groups in total. The van der Waals surface area contributed by atoms with Crippen molar-refractivity contribution in [1.29, 1.82) is 0 Å². The number of unbranched alkanes of at least 4 members (excludes halogenated alkanes) is 3. The van der Waals surface area contributed by atoms with Crippen LogP contribution in [0.5, 0.6) is 17.2 Å². The van der Waals surface area contributed by atoms with Gasteiger partial charge < -0.3 is 14.2 Å². The molecular formula is C19H26O3. The molecule has 0 aromatic heterocycles. The van der Waals surface area contributed by atoms with Gasteiger partial charge in [-0.15, -0.1) is 0 Å². The fourth-order valence-corrected chi connectivity index (χ4v) is 2.83. The number of methoxy groups -OCH3 is 3. The first-order chi connectivity index (χ1) is 10.7. The Morgan fingerprint density at radius 1 is 0.818 bits per heavy atom. The lowest BCUT2D eigenvalue weighted by molar-refractivity contribution is 0.327. The third-order valence-electron chi connectivity index (χ3n) is 4.03. The molecule has 3 heteroatoms. The van der Waals surface area contributed by atoms with Gasteiger partial charge in [-0.25, -0.2) is 0 Å². The zero-order chi connectivity index (χ0) is 15.9. The first-order valence-electron chi connectivity index (χ1n) is 7.96. The SMILES string of the molecule is CCCCCCc1ccc2cc(OC)c(OC)c(OC)c2c1. The first-order valence-corrected chi connectivity index (χ1v) is 7.96. The van der Waals surface area contributed by atoms with Gasteiger partial charge in [0.1, 0.15) is 0 Å². The van der Waals surface area contributed by atoms with E-state index in [1.807, 2.05) is 6.07 Å². The second-order valence-corrected chi connectivity index (χ2v) is 5.51. The lowest BCUT2D eigenvalue weighted by Crippen LogP contribution is -1.96. The van der Waals surface area contributed by atoms with E-state index >= 15 is 0 Å². The Hall–Kier alpha value is -1.90. The minimum absolute atomic E-state index is 0.653. The standard InChI is InChI=1S/C19H26O3/c1-5-6-7-8-9-14-10-11-15-13-17(20-2)19(22-4)18(21-3)16(15)12-14/h10-13H,5-9H2,1-4H3. The summed E-state index contributed by atoms with van der Waals surface area (Å²) in [6.07, 6.45) is 6.20. The predicted octanol–water partition coefficient (Wildman–Crippen LogP) is 4.99. The van der Waals surface area contributed by atoms with Gasteiger partial charge in [0, 0.05) is 5.39 Å². The third kappa shape index (κ3) is 3.46. The van der Waals surface area contributed by atoms with Crippen LogP contribution in [0.2, 0.25) is 0 Å². The second-order valence-electron chi connectivity index (χ2n) is 5.51. The number of hydrogen-bond donors (Lipinski definition) is 0. The van der Waals surface area contributed by atoms with Gasteiger partial charge in [-0.3, -0.25) is 0 Å². The van der Waals surface area contributed by atoms with E-state index in [0.29, 0.717) is 11.5 Å². The molecule has 0 aliphatic heterocycles. The average Bonchev–Trinajstić information content (AvgIpc) is 2.56. The number of fused-ring (bicyclic) bond motifs is 1. The van der Waals surface area contributed by atoms with Gasteiger partial charge >= 0.3 is 0 Å². The molecule has 0 radical (unpaired) electrons. The Morgan fingerprint density at radius 2 is 1.59 bits per heavy atom. The fourth-order valence-electron chi connectivity index (χ4n) is 2.83. The summed E-state index contributed by atoms with van der Waals surface area (Å²) >= 11 is 0. The van der Waals surface area contributed by atoms with Crippen LogP contribution in [0.25, 0.3) is 10.8 Å². The quantitative estimate of drug-likeness (QED) is 0.643. The van der Waals surface area contributed by atoms with E-state index in [9.17, 15) is 0 Å². The van der Waals surface area contributed by atoms with E-state index in [1.165, 1.54) is 31.2 Å². The van der Waals surface area contributed by atoms with Gasteiger partial charge in [0.05, 0.1) is 21.3 Å². The van der Waals surface area contributed by atoms with E-state index < -0.39 is 0 Å². The predicted molar refractivity (Wildman–Crippen MR) is 91.5 cm³/mol. The fraction of sp³-hybridized carbons (Fsp3) is 0.474. The van der Waals surface area contributed by atoms with Crippen molar-refractivity contribution in [3.63, 3.8) is 0 Å². The Morgan fingerprint density at radius 3 is 2.23 bits per heavy atom. The van der Waals surface area contributed by atoms with E-state index in [0.717, 1.165) is 22.9 Å². The molecule has 0 saturated carbocycles. The molecule has 2 aromatic rings. The molecule has 3 nitrogen and oxygen atoms in total. The van der Waals surface area contributed by atoms with Crippen molar-refractivity contribution in [2.24, 2.45) is 0 Å². The Labute approximate surface area is 133 Å². The number of aryl methyl sites for hydroxylation is 1. The lowest BCUT2D eigenvalue weighted by Gasteiger charge is -2.15. The van der Waals surface area contributed by atoms with Crippen LogP contribution >= 0.6 is 0 Å². The summed E-state index contributed by atoms with van der Waals surface area (Å²) in [5.41, 5.74) is 1.34. The summed E-state index contributed by atoms with van der Waals surface area (Å²) in [7, 11) is 4.96. The van der Waals surface area contributed by atoms with Crippen molar-refractivity contribution in [3.05, 3.63) is 29.8 Å². The monoisotopic (exact) mass is 302 g/mol. The van der Waals surface area contributed by atoms with E-state index in [1.54, 1.807) is 21.3 Å². The van der Waals surface area contributed by atoms with Crippen molar-refractivity contribution in [1.82, 2.24) is 0 Å². The third-order valence-corrected chi connectivity index (χ3v) is 4.03. The largest absolute Gasteiger partial charge is 0.493 e. The van der Waals surface area contributed by atoms with Crippen LogP contribution in [0.15, 0.2) is 24.3 Å². The minimum atomic E-state index is 0.653. The van der Waals surface area contributed by atoms with Gasteiger partial charge in [-0.05, 0) is 35.9 Å². The Bertz CT molecular complexity index is 620. The number of benzene rings is 2. The van der Waals surface area contributed by atoms with Crippen LogP contribution in [0.3, 0.4) is 0 Å². The average molecular weight is 302 g/mol. The van der Waals surface area contributed by atoms with Gasteiger partial charge in [0.25, 0.3) is 0 Å². The molecule has 0 bridgehead atoms. The van der Waals surface area contributed by atoms with Crippen molar-refractivity contribution in [2.45, 2.75) is 39.0 Å². The van der Waals surface area contributed by atoms with Crippen LogP contribution in [-0.2, 0) is 6.42 Å². The number of ether oxygens (including phenoxy) is 3. The molecule has 0 fully saturated rings. The summed E-state index contributed by atoms with van der Waals surface area (Å²) in [4.78, 5) is 0. The van der Waals surface area contributed by atoms with Crippen LogP contribution in [0.4, 0.5) is 0 Å². The number of rotatable bonds is 8. The molecule has 0 spiro atoms. The van der Waals surface area contributed by atoms with Crippen LogP contribution < -0.4 is 14.2 Å². The maximum absolute atomic E-state index is 5.59. The Kier molecular flexibility index (Phi) is 5.93. The van der Waals surface area contributed by atoms with Crippen molar-refractivity contribution in [3.8, 4) is 17.2 Å². The molecule has 0 unspecified atom stereocenters. The highest BCUT2D eigenvalue weighted by Gasteiger charge is 2.15. The summed E-state index contributed by atoms with van der Waals surface area (Å²) < 4.78 is 16.5. The van der Waals surface area contributed by atoms with Crippen LogP contribution in [0, 0.1) is 0 Å². The summed E-state index contributed by atoms with van der Waals surface area (Å²) in [6.45, 7) is 2.24. The second kappa shape index (κ2) is 7.92. The topological polar surface area (TPSA) is 27.7 Å². The molecule has 22 heavy (non-hydrogen) atoms. The molecule has 120 valence electrons. The molecule has 2 aromatic carbocycles. The van der Waals surface area contributed by atoms with E-state index in [-0.39, 0.29) is 0 Å². The van der Waals surface area contributed by atoms with E-state index in [4.69, 9.17) is 14.2 Å². The summed E-state index contributed by atoms with van der Waals surface area (Å²) in [5.74, 6) is 2.09. The van der Waals surface area contributed by atoms with Crippen molar-refractivity contribution >= 4 is 10.8 Å². The molecule has 2 rings (SSSR count). The maximum Gasteiger partial charge on any atom is 0.203 e. The highest BCUT2D eigenvalue weighted by atomic mass is 16.5. The molecule has 0 aliphatic carbocycles. The lowest BCUT2D eigenvalue weighted by atomic mass is 10.0. The van der Waals surface area contributed by atoms with Gasteiger partial charge in [-0.2, -0.15) is 0 Å². The highest BCUT2D eigenvalue weighted by Crippen LogP contribution is 2.43. The van der Waals surface area contributed by atoms with Gasteiger partial charge in [0.2, 0.25) is 5.75 Å². The van der Waals surface area contributed by atoms with E-state index in [2.05, 4.69) is 25.1 Å². The first kappa shape index (κ1) is 16.5. The highest BCUT2D eigenvalue weighted by molar-refractivity contribution is 5.93. The van der Waals surface area contributed by atoms with Crippen molar-refractivity contribution in [2.75, 3.05) is 21.3 Å². The van der Waals surface area contributed by atoms with Gasteiger partial charge in [0.15, 0.2) is 11.5 Å². The van der Waals surface area contributed by atoms with Crippen LogP contribution in [0.1, 0.15) is 38.2 Å². The van der Waals surface area contributed by atoms with Crippen LogP contribution in [-0.4, -0.2) is 21.3 Å².